The van der Waals surface area contributed by atoms with Crippen molar-refractivity contribution >= 4 is 518 Å². The van der Waals surface area contributed by atoms with Crippen molar-refractivity contribution in [2.24, 2.45) is 0 Å². The van der Waals surface area contributed by atoms with Crippen LogP contribution in [0.4, 0.5) is 17.1 Å². The zero-order chi connectivity index (χ0) is 85.5. The van der Waals surface area contributed by atoms with Crippen LogP contribution in [-0.4, -0.2) is 4.57 Å². The highest BCUT2D eigenvalue weighted by atomic mass is 33.6. The number of hydrogen-bond acceptors (Lipinski definition) is 1. The molecule has 0 radical (unpaired) electrons. The van der Waals surface area contributed by atoms with Crippen molar-refractivity contribution in [3.63, 3.8) is 0 Å². The SMILES string of the molecule is CC1(C)c2ccccc2-c2cc(N(c3ccc4c(c3)-c3ccccc3C4(C)C)c3ccccc3-c3cccc4c3c3ccccc3n4-c3ccccc3)ccc21.PP(P)P(P)P(P(P(P)P)P(P)P)P(P(P(P(P)P)P(P)P)P(P(P)P)P(P)P)P(P(P(P(P)P)P(P)P)P(P(P)P)P(P)P)P(P(P(P)P)P(P)P)P(P(P)P)P(P)P. The van der Waals surface area contributed by atoms with E-state index in [1.165, 1.54) is 77.4 Å². The summed E-state index contributed by atoms with van der Waals surface area (Å²) in [4.78, 5) is 2.51. The Bertz CT molecular complexity index is 4490. The molecular weight excluding hydrogens is 2540 g/mol. The van der Waals surface area contributed by atoms with Gasteiger partial charge in [0.1, 0.15) is 0 Å². The van der Waals surface area contributed by atoms with Crippen molar-refractivity contribution in [2.75, 3.05) is 4.90 Å². The van der Waals surface area contributed by atoms with E-state index in [9.17, 15) is 0 Å². The van der Waals surface area contributed by atoms with Crippen LogP contribution in [0.25, 0.3) is 60.9 Å². The number of hydrogen-bond donors (Lipinski definition) is 0. The minimum Gasteiger partial charge on any atom is -0.310 e. The quantitative estimate of drug-likeness (QED) is 0.0372. The van der Waals surface area contributed by atoms with E-state index in [0.29, 0.717) is 0 Å². The molecular formula is C54H104N2P60. The van der Waals surface area contributed by atoms with Crippen LogP contribution in [0.2, 0.25) is 0 Å². The molecule has 0 fully saturated rings. The Morgan fingerprint density at radius 2 is 0.517 bits per heavy atom. The summed E-state index contributed by atoms with van der Waals surface area (Å²) in [6.45, 7) is 2.71. The predicted octanol–water partition coefficient (Wildman–Crippen LogP) is 49.6. The van der Waals surface area contributed by atoms with Gasteiger partial charge in [0.25, 0.3) is 0 Å². The summed E-state index contributed by atoms with van der Waals surface area (Å²) in [6.07, 6.45) is 0. The van der Waals surface area contributed by atoms with Crippen molar-refractivity contribution in [3.8, 4) is 39.1 Å². The van der Waals surface area contributed by atoms with E-state index in [1.807, 2.05) is 0 Å². The Balaban J connectivity index is 0.000000245. The molecule has 62 heteroatoms. The molecule has 116 heavy (non-hydrogen) atoms. The maximum Gasteiger partial charge on any atom is 0.0547 e. The third-order valence-corrected chi connectivity index (χ3v) is 437. The van der Waals surface area contributed by atoms with E-state index in [1.54, 1.807) is 0 Å². The fourth-order valence-corrected chi connectivity index (χ4v) is 868. The van der Waals surface area contributed by atoms with E-state index < -0.39 is 0 Å². The second-order valence-electron chi connectivity index (χ2n) is 26.1. The topological polar surface area (TPSA) is 8.17 Å². The van der Waals surface area contributed by atoms with Crippen molar-refractivity contribution < 1.29 is 0 Å². The lowest BCUT2D eigenvalue weighted by molar-refractivity contribution is 0.660. The van der Waals surface area contributed by atoms with Gasteiger partial charge in [-0.2, -0.15) is 0 Å². The van der Waals surface area contributed by atoms with Gasteiger partial charge >= 0.3 is 0 Å². The largest absolute Gasteiger partial charge is 0.310 e. The first-order chi connectivity index (χ1) is 54.6. The second-order valence-corrected chi connectivity index (χ2v) is 273. The number of para-hydroxylation sites is 3. The monoisotopic (exact) mass is 2640 g/mol. The van der Waals surface area contributed by atoms with Crippen molar-refractivity contribution in [1.29, 1.82) is 0 Å². The molecule has 630 valence electrons. The minimum atomic E-state index is -0.272. The summed E-state index contributed by atoms with van der Waals surface area (Å²) in [5, 5.41) is 2.50. The third kappa shape index (κ3) is 28.2. The molecule has 34 unspecified atom stereocenters. The number of benzene rings is 8. The van der Waals surface area contributed by atoms with Gasteiger partial charge < -0.3 is 9.47 Å². The van der Waals surface area contributed by atoms with E-state index in [-0.39, 0.29) is 213 Å². The van der Waals surface area contributed by atoms with Gasteiger partial charge in [0.05, 0.1) is 16.7 Å². The number of aromatic nitrogens is 1. The van der Waals surface area contributed by atoms with Gasteiger partial charge in [0.2, 0.25) is 0 Å². The lowest BCUT2D eigenvalue weighted by Crippen LogP contribution is -2.16. The Hall–Kier alpha value is 19.2. The Morgan fingerprint density at radius 1 is 0.233 bits per heavy atom. The molecule has 0 saturated heterocycles. The van der Waals surface area contributed by atoms with Crippen LogP contribution in [0.1, 0.15) is 49.9 Å². The first-order valence-corrected chi connectivity index (χ1v) is 142. The lowest BCUT2D eigenvalue weighted by atomic mass is 9.82. The summed E-state index contributed by atoms with van der Waals surface area (Å²) in [5.74, 6) is 0. The van der Waals surface area contributed by atoms with Gasteiger partial charge in [-0.05, 0) is 307 Å². The molecule has 1 aromatic heterocycles. The highest BCUT2D eigenvalue weighted by Gasteiger charge is 2.61. The zero-order valence-corrected chi connectivity index (χ0v) is 125. The van der Waals surface area contributed by atoms with Crippen LogP contribution in [0.5, 0.6) is 0 Å². The number of fused-ring (bicyclic) bond motifs is 9. The molecule has 2 nitrogen and oxygen atoms in total. The van der Waals surface area contributed by atoms with Gasteiger partial charge in [-0.15, -0.1) is 277 Å². The molecule has 9 aromatic rings. The Kier molecular flexibility index (Phi) is 55.4. The third-order valence-electron chi connectivity index (χ3n) is 18.0. The molecule has 1 heterocycles. The maximum atomic E-state index is 3.79. The first kappa shape index (κ1) is 117. The molecule has 0 aliphatic heterocycles. The van der Waals surface area contributed by atoms with E-state index in [2.05, 4.69) is 496 Å². The van der Waals surface area contributed by atoms with Crippen LogP contribution < -0.4 is 4.90 Å². The molecule has 2 aliphatic rings. The summed E-state index contributed by atoms with van der Waals surface area (Å²) < 4.78 is 2.41. The van der Waals surface area contributed by atoms with Crippen LogP contribution >= 0.6 is 479 Å². The van der Waals surface area contributed by atoms with Gasteiger partial charge in [0, 0.05) is 44.2 Å². The molecule has 0 amide bonds. The first-order valence-electron chi connectivity index (χ1n) is 33.4. The molecule has 0 bridgehead atoms. The number of rotatable bonds is 33. The normalized spacial score (nSPS) is 15.2. The lowest BCUT2D eigenvalue weighted by Gasteiger charge is -2.60. The van der Waals surface area contributed by atoms with Gasteiger partial charge in [-0.25, -0.2) is 0 Å². The Morgan fingerprint density at radius 3 is 0.888 bits per heavy atom. The molecule has 0 saturated carbocycles. The van der Waals surface area contributed by atoms with Crippen molar-refractivity contribution in [3.05, 3.63) is 204 Å². The summed E-state index contributed by atoms with van der Waals surface area (Å²) in [5.41, 5.74) is 20.1. The summed E-state index contributed by atoms with van der Waals surface area (Å²) in [6, 6.07) is 67.6. The van der Waals surface area contributed by atoms with Crippen LogP contribution in [-0.2, 0) is 10.8 Å². The van der Waals surface area contributed by atoms with Crippen molar-refractivity contribution in [1.82, 2.24) is 4.57 Å². The summed E-state index contributed by atoms with van der Waals surface area (Å²) >= 11 is 0. The average Bonchev–Trinajstić information content (AvgIpc) is 0.859. The molecule has 34 atom stereocenters. The molecule has 0 spiro atoms. The predicted molar refractivity (Wildman–Crippen MR) is 738 cm³/mol. The van der Waals surface area contributed by atoms with Gasteiger partial charge in [0.15, 0.2) is 0 Å². The fraction of sp³-hybridized carbons (Fsp3) is 0.111. The van der Waals surface area contributed by atoms with Gasteiger partial charge in [-0.1, -0.05) is 155 Å². The van der Waals surface area contributed by atoms with Crippen molar-refractivity contribution in [2.45, 2.75) is 38.5 Å². The van der Waals surface area contributed by atoms with Crippen LogP contribution in [0, 0.1) is 0 Å². The smallest absolute Gasteiger partial charge is 0.0547 e. The zero-order valence-electron chi connectivity index (χ0n) is 63.1. The van der Waals surface area contributed by atoms with Gasteiger partial charge in [-0.3, -0.25) is 0 Å². The van der Waals surface area contributed by atoms with Crippen LogP contribution in [0.15, 0.2) is 182 Å². The summed E-state index contributed by atoms with van der Waals surface area (Å²) in [7, 11) is 110. The van der Waals surface area contributed by atoms with E-state index in [0.717, 1.165) is 22.7 Å². The number of anilines is 3. The molecule has 11 rings (SSSR count). The number of nitrogens with zero attached hydrogens (tertiary/aromatic N) is 2. The second kappa shape index (κ2) is 54.9. The Labute approximate surface area is 799 Å². The average molecular weight is 2640 g/mol. The minimum absolute atomic E-state index is 0.0708. The highest BCUT2D eigenvalue weighted by Crippen LogP contribution is 3.48. The molecule has 2 aliphatic carbocycles. The molecule has 0 N–H and O–H groups in total. The standard InChI is InChI=1S/C54H42N2.H62P60/c1-53(2)45-24-12-8-19-38(45)43-33-36(29-31-47(43)53)55(37-30-32-48-44(34-37)39-20-9-13-25-46(39)54(48,3)4)49-26-14-10-21-40(49)41-23-16-28-51-52(41)42-22-11-15-27-50(42)56(51)35-17-6-5-7-18-35;1-32(2)47(31)55(48(33(3)4)34(5)6)59(56(49(35(7)8)36(9)10)50(37(11)12)38(13)14)60(57(51(39(15)16)40(17)18)52(41(19)20)42(21)22)58(53(43(23)24)44(25)26)54(45(27)28)46(29)30/h5-34H,1-4H3;1-31H2. The fourth-order valence-electron chi connectivity index (χ4n) is 13.6. The maximum absolute atomic E-state index is 3.79. The van der Waals surface area contributed by atoms with E-state index >= 15 is 0 Å². The molecule has 8 aromatic carbocycles. The van der Waals surface area contributed by atoms with E-state index in [4.69, 9.17) is 0 Å². The van der Waals surface area contributed by atoms with Crippen LogP contribution in [0.3, 0.4) is 0 Å². The highest BCUT2D eigenvalue weighted by molar-refractivity contribution is 9.54.